The highest BCUT2D eigenvalue weighted by Crippen LogP contribution is 2.33. The van der Waals surface area contributed by atoms with Crippen molar-refractivity contribution in [2.24, 2.45) is 11.7 Å². The maximum atomic E-state index is 6.11. The van der Waals surface area contributed by atoms with Crippen LogP contribution in [0.1, 0.15) is 19.3 Å². The maximum absolute atomic E-state index is 6.11. The molecule has 0 heterocycles. The van der Waals surface area contributed by atoms with Crippen molar-refractivity contribution in [2.45, 2.75) is 25.4 Å². The summed E-state index contributed by atoms with van der Waals surface area (Å²) in [7, 11) is 0. The third-order valence-corrected chi connectivity index (χ3v) is 3.85. The van der Waals surface area contributed by atoms with Crippen molar-refractivity contribution < 1.29 is 4.74 Å². The lowest BCUT2D eigenvalue weighted by Gasteiger charge is -2.20. The largest absolute Gasteiger partial charge is 0.489 e. The molecule has 1 aromatic rings. The Morgan fingerprint density at radius 2 is 2.25 bits per heavy atom. The SMILES string of the molecule is NCC1CCCC1Oc1ccc(Br)cc1Cl. The lowest BCUT2D eigenvalue weighted by molar-refractivity contribution is 0.162. The zero-order valence-electron chi connectivity index (χ0n) is 8.96. The summed E-state index contributed by atoms with van der Waals surface area (Å²) in [5, 5.41) is 0.650. The van der Waals surface area contributed by atoms with Gasteiger partial charge in [0.25, 0.3) is 0 Å². The molecular weight excluding hydrogens is 289 g/mol. The van der Waals surface area contributed by atoms with Gasteiger partial charge in [-0.05, 0) is 44.0 Å². The molecule has 2 unspecified atom stereocenters. The van der Waals surface area contributed by atoms with Crippen LogP contribution < -0.4 is 10.5 Å². The molecule has 4 heteroatoms. The smallest absolute Gasteiger partial charge is 0.138 e. The Kier molecular flexibility index (Phi) is 4.11. The molecule has 0 bridgehead atoms. The van der Waals surface area contributed by atoms with Crippen LogP contribution in [0.4, 0.5) is 0 Å². The van der Waals surface area contributed by atoms with Crippen LogP contribution in [0, 0.1) is 5.92 Å². The second-order valence-electron chi connectivity index (χ2n) is 4.16. The summed E-state index contributed by atoms with van der Waals surface area (Å²) < 4.78 is 6.90. The van der Waals surface area contributed by atoms with Crippen molar-refractivity contribution in [3.63, 3.8) is 0 Å². The van der Waals surface area contributed by atoms with Gasteiger partial charge in [0.2, 0.25) is 0 Å². The van der Waals surface area contributed by atoms with Gasteiger partial charge in [0.05, 0.1) is 5.02 Å². The van der Waals surface area contributed by atoms with Gasteiger partial charge in [0, 0.05) is 10.4 Å². The van der Waals surface area contributed by atoms with Crippen LogP contribution in [0.2, 0.25) is 5.02 Å². The molecule has 0 radical (unpaired) electrons. The lowest BCUT2D eigenvalue weighted by atomic mass is 10.1. The number of hydrogen-bond acceptors (Lipinski definition) is 2. The topological polar surface area (TPSA) is 35.2 Å². The van der Waals surface area contributed by atoms with E-state index in [0.29, 0.717) is 17.5 Å². The van der Waals surface area contributed by atoms with E-state index < -0.39 is 0 Å². The van der Waals surface area contributed by atoms with Crippen molar-refractivity contribution in [1.82, 2.24) is 0 Å². The number of halogens is 2. The van der Waals surface area contributed by atoms with E-state index >= 15 is 0 Å². The zero-order chi connectivity index (χ0) is 11.5. The molecule has 0 aromatic heterocycles. The first kappa shape index (κ1) is 12.2. The average molecular weight is 305 g/mol. The summed E-state index contributed by atoms with van der Waals surface area (Å²) in [5.74, 6) is 1.23. The van der Waals surface area contributed by atoms with Crippen LogP contribution in [0.5, 0.6) is 5.75 Å². The minimum atomic E-state index is 0.226. The fraction of sp³-hybridized carbons (Fsp3) is 0.500. The Bertz CT molecular complexity index is 372. The van der Waals surface area contributed by atoms with Crippen LogP contribution in [0.25, 0.3) is 0 Å². The Balaban J connectivity index is 2.08. The first-order valence-electron chi connectivity index (χ1n) is 5.52. The molecule has 1 saturated carbocycles. The fourth-order valence-corrected chi connectivity index (χ4v) is 2.88. The second-order valence-corrected chi connectivity index (χ2v) is 5.48. The van der Waals surface area contributed by atoms with Crippen molar-refractivity contribution in [2.75, 3.05) is 6.54 Å². The Morgan fingerprint density at radius 3 is 2.94 bits per heavy atom. The fourth-order valence-electron chi connectivity index (χ4n) is 2.16. The van der Waals surface area contributed by atoms with E-state index in [1.807, 2.05) is 18.2 Å². The van der Waals surface area contributed by atoms with E-state index in [4.69, 9.17) is 22.1 Å². The third-order valence-electron chi connectivity index (χ3n) is 3.06. The molecule has 1 aliphatic rings. The Morgan fingerprint density at radius 1 is 1.44 bits per heavy atom. The van der Waals surface area contributed by atoms with Gasteiger partial charge in [0.15, 0.2) is 0 Å². The van der Waals surface area contributed by atoms with Crippen molar-refractivity contribution in [3.8, 4) is 5.75 Å². The van der Waals surface area contributed by atoms with Gasteiger partial charge >= 0.3 is 0 Å². The molecule has 1 fully saturated rings. The van der Waals surface area contributed by atoms with Crippen molar-refractivity contribution in [3.05, 3.63) is 27.7 Å². The number of nitrogens with two attached hydrogens (primary N) is 1. The molecule has 0 amide bonds. The first-order valence-corrected chi connectivity index (χ1v) is 6.69. The van der Waals surface area contributed by atoms with Crippen molar-refractivity contribution >= 4 is 27.5 Å². The molecule has 2 N–H and O–H groups in total. The third kappa shape index (κ3) is 2.70. The van der Waals surface area contributed by atoms with Crippen molar-refractivity contribution in [1.29, 1.82) is 0 Å². The molecule has 2 atom stereocenters. The predicted molar refractivity (Wildman–Crippen MR) is 70.0 cm³/mol. The van der Waals surface area contributed by atoms with Gasteiger partial charge < -0.3 is 10.5 Å². The van der Waals surface area contributed by atoms with E-state index in [1.54, 1.807) is 0 Å². The van der Waals surface area contributed by atoms with E-state index in [-0.39, 0.29) is 6.10 Å². The van der Waals surface area contributed by atoms with Crippen LogP contribution in [-0.2, 0) is 0 Å². The number of rotatable bonds is 3. The normalized spacial score (nSPS) is 24.7. The minimum absolute atomic E-state index is 0.226. The van der Waals surface area contributed by atoms with Crippen LogP contribution in [0.15, 0.2) is 22.7 Å². The second kappa shape index (κ2) is 5.39. The standard InChI is InChI=1S/C12H15BrClNO/c13-9-4-5-12(10(14)6-9)16-11-3-1-2-8(11)7-15/h4-6,8,11H,1-3,7,15H2. The van der Waals surface area contributed by atoms with Gasteiger partial charge in [-0.25, -0.2) is 0 Å². The van der Waals surface area contributed by atoms with E-state index in [2.05, 4.69) is 15.9 Å². The summed E-state index contributed by atoms with van der Waals surface area (Å²) in [5.41, 5.74) is 5.72. The highest BCUT2D eigenvalue weighted by Gasteiger charge is 2.28. The first-order chi connectivity index (χ1) is 7.70. The highest BCUT2D eigenvalue weighted by molar-refractivity contribution is 9.10. The van der Waals surface area contributed by atoms with Gasteiger partial charge in [-0.2, -0.15) is 0 Å². The quantitative estimate of drug-likeness (QED) is 0.926. The van der Waals surface area contributed by atoms with E-state index in [1.165, 1.54) is 6.42 Å². The van der Waals surface area contributed by atoms with E-state index in [0.717, 1.165) is 23.1 Å². The summed E-state index contributed by atoms with van der Waals surface area (Å²) >= 11 is 9.49. The van der Waals surface area contributed by atoms with Crippen LogP contribution in [-0.4, -0.2) is 12.6 Å². The highest BCUT2D eigenvalue weighted by atomic mass is 79.9. The van der Waals surface area contributed by atoms with Gasteiger partial charge in [0.1, 0.15) is 11.9 Å². The zero-order valence-corrected chi connectivity index (χ0v) is 11.3. The molecule has 2 rings (SSSR count). The Labute approximate surface area is 109 Å². The summed E-state index contributed by atoms with van der Waals surface area (Å²) in [6.45, 7) is 0.693. The molecule has 0 saturated heterocycles. The van der Waals surface area contributed by atoms with Crippen LogP contribution in [0.3, 0.4) is 0 Å². The Hall–Kier alpha value is -0.250. The lowest BCUT2D eigenvalue weighted by Crippen LogP contribution is -2.27. The summed E-state index contributed by atoms with van der Waals surface area (Å²) in [4.78, 5) is 0. The molecule has 1 aliphatic carbocycles. The molecule has 2 nitrogen and oxygen atoms in total. The molecule has 0 spiro atoms. The molecule has 0 aliphatic heterocycles. The molecule has 88 valence electrons. The van der Waals surface area contributed by atoms with Gasteiger partial charge in [-0.1, -0.05) is 27.5 Å². The molecular formula is C12H15BrClNO. The average Bonchev–Trinajstić information content (AvgIpc) is 2.69. The molecule has 16 heavy (non-hydrogen) atoms. The monoisotopic (exact) mass is 303 g/mol. The van der Waals surface area contributed by atoms with Gasteiger partial charge in [-0.3, -0.25) is 0 Å². The molecule has 1 aromatic carbocycles. The number of benzene rings is 1. The number of ether oxygens (including phenoxy) is 1. The summed E-state index contributed by atoms with van der Waals surface area (Å²) in [6, 6.07) is 5.69. The van der Waals surface area contributed by atoms with E-state index in [9.17, 15) is 0 Å². The van der Waals surface area contributed by atoms with Gasteiger partial charge in [-0.15, -0.1) is 0 Å². The maximum Gasteiger partial charge on any atom is 0.138 e. The minimum Gasteiger partial charge on any atom is -0.489 e. The predicted octanol–water partition coefficient (Wildman–Crippen LogP) is 3.61. The summed E-state index contributed by atoms with van der Waals surface area (Å²) in [6.07, 6.45) is 3.66. The number of hydrogen-bond donors (Lipinski definition) is 1. The van der Waals surface area contributed by atoms with Crippen LogP contribution >= 0.6 is 27.5 Å².